The van der Waals surface area contributed by atoms with Gasteiger partial charge in [-0.3, -0.25) is 4.68 Å². The van der Waals surface area contributed by atoms with Gasteiger partial charge in [0.1, 0.15) is 11.6 Å². The highest BCUT2D eigenvalue weighted by atomic mass is 19.3. The molecule has 18 heavy (non-hydrogen) atoms. The molecule has 96 valence electrons. The quantitative estimate of drug-likeness (QED) is 0.914. The summed E-state index contributed by atoms with van der Waals surface area (Å²) in [6.07, 6.45) is 0. The van der Waals surface area contributed by atoms with E-state index in [0.717, 1.165) is 16.8 Å². The molecule has 2 N–H and O–H groups in total. The minimum atomic E-state index is -2.82. The van der Waals surface area contributed by atoms with Gasteiger partial charge in [0.25, 0.3) is 0 Å². The second-order valence-electron chi connectivity index (χ2n) is 3.87. The highest BCUT2D eigenvalue weighted by Crippen LogP contribution is 2.30. The summed E-state index contributed by atoms with van der Waals surface area (Å²) in [6.45, 7) is -0.976. The number of nitrogens with two attached hydrogens (primary N) is 1. The first-order valence-electron chi connectivity index (χ1n) is 5.33. The van der Waals surface area contributed by atoms with Crippen LogP contribution >= 0.6 is 0 Å². The van der Waals surface area contributed by atoms with E-state index in [1.807, 2.05) is 6.92 Å². The minimum absolute atomic E-state index is 0.119. The molecule has 0 atom stereocenters. The van der Waals surface area contributed by atoms with Crippen molar-refractivity contribution in [2.45, 2.75) is 13.5 Å². The molecule has 0 saturated carbocycles. The normalized spacial score (nSPS) is 10.9. The Bertz CT molecular complexity index is 549. The predicted octanol–water partition coefficient (Wildman–Crippen LogP) is 2.58. The fraction of sp³-hybridized carbons (Fsp3) is 0.250. The van der Waals surface area contributed by atoms with E-state index in [4.69, 9.17) is 5.73 Å². The molecule has 4 nitrogen and oxygen atoms in total. The second-order valence-corrected chi connectivity index (χ2v) is 3.87. The molecule has 0 radical (unpaired) electrons. The zero-order valence-electron chi connectivity index (χ0n) is 10.0. The first-order valence-corrected chi connectivity index (χ1v) is 5.33. The lowest BCUT2D eigenvalue weighted by molar-refractivity contribution is -0.0498. The van der Waals surface area contributed by atoms with Crippen LogP contribution in [0.4, 0.5) is 14.6 Å². The summed E-state index contributed by atoms with van der Waals surface area (Å²) >= 11 is 0. The number of aromatic nitrogens is 2. The third kappa shape index (κ3) is 2.27. The molecule has 2 rings (SSSR count). The Balaban J connectivity index is 2.34. The number of benzene rings is 1. The average Bonchev–Trinajstić information content (AvgIpc) is 2.54. The van der Waals surface area contributed by atoms with E-state index >= 15 is 0 Å². The predicted molar refractivity (Wildman–Crippen MR) is 64.4 cm³/mol. The summed E-state index contributed by atoms with van der Waals surface area (Å²) in [5.74, 6) is 0.656. The highest BCUT2D eigenvalue weighted by Gasteiger charge is 2.12. The zero-order chi connectivity index (χ0) is 13.3. The van der Waals surface area contributed by atoms with Gasteiger partial charge in [-0.25, -0.2) is 0 Å². The minimum Gasteiger partial charge on any atom is -0.435 e. The summed E-state index contributed by atoms with van der Waals surface area (Å²) in [6, 6.07) is 6.32. The zero-order valence-corrected chi connectivity index (χ0v) is 10.0. The second kappa shape index (κ2) is 4.64. The van der Waals surface area contributed by atoms with Crippen LogP contribution in [0, 0.1) is 6.92 Å². The van der Waals surface area contributed by atoms with Crippen molar-refractivity contribution in [3.8, 4) is 16.9 Å². The van der Waals surface area contributed by atoms with Gasteiger partial charge in [0.15, 0.2) is 0 Å². The van der Waals surface area contributed by atoms with Gasteiger partial charge in [0, 0.05) is 12.6 Å². The van der Waals surface area contributed by atoms with Gasteiger partial charge in [-0.1, -0.05) is 12.1 Å². The number of nitrogens with zero attached hydrogens (tertiary/aromatic N) is 2. The smallest absolute Gasteiger partial charge is 0.387 e. The van der Waals surface area contributed by atoms with E-state index in [-0.39, 0.29) is 5.75 Å². The maximum atomic E-state index is 12.0. The molecule has 0 saturated heterocycles. The average molecular weight is 253 g/mol. The van der Waals surface area contributed by atoms with Crippen LogP contribution < -0.4 is 10.5 Å². The summed E-state index contributed by atoms with van der Waals surface area (Å²) in [7, 11) is 1.75. The van der Waals surface area contributed by atoms with Crippen molar-refractivity contribution in [2.75, 3.05) is 5.73 Å². The van der Waals surface area contributed by atoms with Gasteiger partial charge in [0.05, 0.1) is 5.69 Å². The number of anilines is 1. The van der Waals surface area contributed by atoms with E-state index in [2.05, 4.69) is 9.84 Å². The Morgan fingerprint density at radius 1 is 1.28 bits per heavy atom. The molecular weight excluding hydrogens is 240 g/mol. The molecule has 0 aliphatic rings. The fourth-order valence-electron chi connectivity index (χ4n) is 1.84. The van der Waals surface area contributed by atoms with Crippen LogP contribution in [-0.4, -0.2) is 16.4 Å². The highest BCUT2D eigenvalue weighted by molar-refractivity contribution is 5.76. The lowest BCUT2D eigenvalue weighted by atomic mass is 10.1. The van der Waals surface area contributed by atoms with Gasteiger partial charge in [-0.05, 0) is 24.6 Å². The summed E-state index contributed by atoms with van der Waals surface area (Å²) in [5, 5.41) is 4.20. The van der Waals surface area contributed by atoms with Crippen molar-refractivity contribution in [3.63, 3.8) is 0 Å². The lowest BCUT2D eigenvalue weighted by Crippen LogP contribution is -2.01. The van der Waals surface area contributed by atoms with Crippen LogP contribution in [-0.2, 0) is 7.05 Å². The van der Waals surface area contributed by atoms with Crippen molar-refractivity contribution in [1.82, 2.24) is 9.78 Å². The maximum absolute atomic E-state index is 12.0. The number of aryl methyl sites for hydroxylation is 2. The topological polar surface area (TPSA) is 53.1 Å². The molecule has 0 unspecified atom stereocenters. The molecule has 0 spiro atoms. The van der Waals surface area contributed by atoms with Crippen LogP contribution in [0.25, 0.3) is 11.1 Å². The first kappa shape index (κ1) is 12.3. The molecular formula is C12H13F2N3O. The third-order valence-electron chi connectivity index (χ3n) is 2.63. The molecule has 0 amide bonds. The summed E-state index contributed by atoms with van der Waals surface area (Å²) in [5.41, 5.74) is 8.32. The van der Waals surface area contributed by atoms with Crippen LogP contribution in [0.1, 0.15) is 5.69 Å². The standard InChI is InChI=1S/C12H13F2N3O/c1-7-10(11(15)17(2)16-7)8-3-5-9(6-4-8)18-12(13)14/h3-6,12H,15H2,1-2H3. The molecule has 0 fully saturated rings. The van der Waals surface area contributed by atoms with Gasteiger partial charge in [-0.15, -0.1) is 0 Å². The van der Waals surface area contributed by atoms with Crippen LogP contribution in [0.3, 0.4) is 0 Å². The van der Waals surface area contributed by atoms with E-state index in [0.29, 0.717) is 5.82 Å². The number of halogens is 2. The Morgan fingerprint density at radius 2 is 1.89 bits per heavy atom. The van der Waals surface area contributed by atoms with E-state index in [9.17, 15) is 8.78 Å². The van der Waals surface area contributed by atoms with Crippen molar-refractivity contribution in [3.05, 3.63) is 30.0 Å². The Hall–Kier alpha value is -2.11. The maximum Gasteiger partial charge on any atom is 0.387 e. The number of hydrogen-bond donors (Lipinski definition) is 1. The number of nitrogen functional groups attached to an aromatic ring is 1. The molecule has 6 heteroatoms. The fourth-order valence-corrected chi connectivity index (χ4v) is 1.84. The Morgan fingerprint density at radius 3 is 2.33 bits per heavy atom. The molecule has 2 aromatic rings. The van der Waals surface area contributed by atoms with Gasteiger partial charge < -0.3 is 10.5 Å². The molecule has 0 aliphatic heterocycles. The van der Waals surface area contributed by atoms with Crippen molar-refractivity contribution >= 4 is 5.82 Å². The van der Waals surface area contributed by atoms with Crippen LogP contribution in [0.2, 0.25) is 0 Å². The van der Waals surface area contributed by atoms with Crippen molar-refractivity contribution in [2.24, 2.45) is 7.05 Å². The van der Waals surface area contributed by atoms with Crippen molar-refractivity contribution in [1.29, 1.82) is 0 Å². The molecule has 0 aliphatic carbocycles. The van der Waals surface area contributed by atoms with Crippen LogP contribution in [0.5, 0.6) is 5.75 Å². The van der Waals surface area contributed by atoms with Gasteiger partial charge in [0.2, 0.25) is 0 Å². The number of ether oxygens (including phenoxy) is 1. The Kier molecular flexibility index (Phi) is 3.18. The number of alkyl halides is 2. The molecule has 1 heterocycles. The molecule has 1 aromatic heterocycles. The third-order valence-corrected chi connectivity index (χ3v) is 2.63. The largest absolute Gasteiger partial charge is 0.435 e. The van der Waals surface area contributed by atoms with Crippen molar-refractivity contribution < 1.29 is 13.5 Å². The first-order chi connectivity index (χ1) is 8.49. The number of rotatable bonds is 3. The summed E-state index contributed by atoms with van der Waals surface area (Å²) < 4.78 is 29.9. The van der Waals surface area contributed by atoms with Gasteiger partial charge >= 0.3 is 6.61 Å². The molecule has 0 bridgehead atoms. The number of hydrogen-bond acceptors (Lipinski definition) is 3. The van der Waals surface area contributed by atoms with Crippen LogP contribution in [0.15, 0.2) is 24.3 Å². The SMILES string of the molecule is Cc1nn(C)c(N)c1-c1ccc(OC(F)F)cc1. The monoisotopic (exact) mass is 253 g/mol. The summed E-state index contributed by atoms with van der Waals surface area (Å²) in [4.78, 5) is 0. The van der Waals surface area contributed by atoms with E-state index in [1.54, 1.807) is 23.9 Å². The lowest BCUT2D eigenvalue weighted by Gasteiger charge is -2.06. The molecule has 1 aromatic carbocycles. The Labute approximate surface area is 103 Å². The van der Waals surface area contributed by atoms with E-state index in [1.165, 1.54) is 12.1 Å². The van der Waals surface area contributed by atoms with Gasteiger partial charge in [-0.2, -0.15) is 13.9 Å². The van der Waals surface area contributed by atoms with E-state index < -0.39 is 6.61 Å².